The van der Waals surface area contributed by atoms with Gasteiger partial charge in [-0.3, -0.25) is 9.36 Å². The second kappa shape index (κ2) is 8.01. The molecule has 4 aromatic rings. The number of rotatable bonds is 4. The number of carbonyl (C=O) groups is 1. The highest BCUT2D eigenvalue weighted by molar-refractivity contribution is 6.29. The Hall–Kier alpha value is -3.71. The molecule has 1 unspecified atom stereocenters. The second-order valence-electron chi connectivity index (χ2n) is 8.25. The number of aromatic carboxylic acids is 1. The molecule has 0 amide bonds. The summed E-state index contributed by atoms with van der Waals surface area (Å²) in [6.45, 7) is 4.42. The van der Waals surface area contributed by atoms with E-state index in [4.69, 9.17) is 16.6 Å². The van der Waals surface area contributed by atoms with E-state index in [2.05, 4.69) is 16.4 Å². The van der Waals surface area contributed by atoms with Gasteiger partial charge in [0.1, 0.15) is 11.0 Å². The van der Waals surface area contributed by atoms with Crippen LogP contribution in [0.4, 0.5) is 5.69 Å². The number of carboxylic acid groups (broad SMARTS) is 1. The van der Waals surface area contributed by atoms with Crippen LogP contribution in [0.5, 0.6) is 0 Å². The molecule has 0 saturated carbocycles. The summed E-state index contributed by atoms with van der Waals surface area (Å²) in [5.74, 6) is -0.519. The fourth-order valence-electron chi connectivity index (χ4n) is 4.46. The lowest BCUT2D eigenvalue weighted by Crippen LogP contribution is -2.28. The number of hydrogen-bond donors (Lipinski definition) is 2. The summed E-state index contributed by atoms with van der Waals surface area (Å²) in [7, 11) is 0. The van der Waals surface area contributed by atoms with Gasteiger partial charge in [-0.25, -0.2) is 14.8 Å². The van der Waals surface area contributed by atoms with Gasteiger partial charge in [0.25, 0.3) is 5.56 Å². The van der Waals surface area contributed by atoms with Crippen LogP contribution >= 0.6 is 11.6 Å². The van der Waals surface area contributed by atoms with E-state index in [1.165, 1.54) is 11.6 Å². The van der Waals surface area contributed by atoms with Gasteiger partial charge in [0.15, 0.2) is 5.69 Å². The number of aromatic nitrogens is 3. The van der Waals surface area contributed by atoms with Gasteiger partial charge in [-0.15, -0.1) is 0 Å². The molecule has 0 radical (unpaired) electrons. The Kier molecular flexibility index (Phi) is 5.13. The smallest absolute Gasteiger partial charge is 0.356 e. The van der Waals surface area contributed by atoms with Crippen molar-refractivity contribution in [3.05, 3.63) is 86.4 Å². The van der Waals surface area contributed by atoms with Crippen molar-refractivity contribution in [3.8, 4) is 11.4 Å². The molecule has 1 aliphatic rings. The number of anilines is 1. The van der Waals surface area contributed by atoms with Gasteiger partial charge < -0.3 is 10.4 Å². The Morgan fingerprint density at radius 3 is 2.76 bits per heavy atom. The molecular formula is C25H21ClN4O3. The topological polar surface area (TPSA) is 97.1 Å². The average Bonchev–Trinajstić information content (AvgIpc) is 2.80. The maximum atomic E-state index is 13.4. The Morgan fingerprint density at radius 1 is 1.18 bits per heavy atom. The van der Waals surface area contributed by atoms with E-state index in [1.807, 2.05) is 44.2 Å². The van der Waals surface area contributed by atoms with Crippen LogP contribution in [-0.4, -0.2) is 25.6 Å². The van der Waals surface area contributed by atoms with Gasteiger partial charge in [-0.1, -0.05) is 41.9 Å². The molecule has 2 aromatic carbocycles. The quantitative estimate of drug-likeness (QED) is 0.422. The molecular weight excluding hydrogens is 440 g/mol. The van der Waals surface area contributed by atoms with Gasteiger partial charge in [0.05, 0.1) is 22.6 Å². The third-order valence-corrected chi connectivity index (χ3v) is 6.21. The van der Waals surface area contributed by atoms with Crippen LogP contribution in [0.25, 0.3) is 22.3 Å². The first-order chi connectivity index (χ1) is 15.8. The van der Waals surface area contributed by atoms with Crippen LogP contribution < -0.4 is 10.9 Å². The van der Waals surface area contributed by atoms with E-state index in [-0.39, 0.29) is 22.4 Å². The zero-order valence-corrected chi connectivity index (χ0v) is 18.8. The average molecular weight is 461 g/mol. The third-order valence-electron chi connectivity index (χ3n) is 6.00. The van der Waals surface area contributed by atoms with Crippen molar-refractivity contribution in [1.29, 1.82) is 0 Å². The maximum Gasteiger partial charge on any atom is 0.356 e. The molecule has 0 fully saturated rings. The molecule has 1 aliphatic heterocycles. The minimum atomic E-state index is -1.18. The lowest BCUT2D eigenvalue weighted by Gasteiger charge is -2.23. The van der Waals surface area contributed by atoms with Crippen molar-refractivity contribution in [1.82, 2.24) is 14.5 Å². The number of fused-ring (bicyclic) bond motifs is 4. The van der Waals surface area contributed by atoms with Crippen molar-refractivity contribution >= 4 is 34.2 Å². The molecule has 8 heteroatoms. The van der Waals surface area contributed by atoms with Gasteiger partial charge in [-0.05, 0) is 49.6 Å². The number of benzene rings is 2. The molecule has 2 aromatic heterocycles. The van der Waals surface area contributed by atoms with Crippen LogP contribution in [0.2, 0.25) is 5.15 Å². The van der Waals surface area contributed by atoms with Crippen LogP contribution in [-0.2, 0) is 13.0 Å². The molecule has 5 rings (SSSR count). The molecule has 33 heavy (non-hydrogen) atoms. The van der Waals surface area contributed by atoms with Gasteiger partial charge >= 0.3 is 5.97 Å². The standard InChI is InChI=1S/C25H21ClN4O3/c1-13-11-17(14(2)27-19-7-8-20(26)28-22(19)25(32)33)21-18(12-13)24(31)30-10-9-15-5-3-4-6-16(15)23(30)29-21/h3-8,11-12,14,27H,9-10H2,1-2H3,(H,32,33). The Bertz CT molecular complexity index is 1500. The lowest BCUT2D eigenvalue weighted by molar-refractivity contribution is 0.0691. The van der Waals surface area contributed by atoms with E-state index in [0.717, 1.165) is 23.1 Å². The number of carboxylic acids is 1. The maximum absolute atomic E-state index is 13.4. The summed E-state index contributed by atoms with van der Waals surface area (Å²) < 4.78 is 1.75. The van der Waals surface area contributed by atoms with Crippen LogP contribution in [0.15, 0.2) is 53.3 Å². The fraction of sp³-hybridized carbons (Fsp3) is 0.200. The Balaban J connectivity index is 1.68. The molecule has 0 spiro atoms. The first kappa shape index (κ1) is 21.2. The summed E-state index contributed by atoms with van der Waals surface area (Å²) in [5, 5.41) is 13.4. The van der Waals surface area contributed by atoms with E-state index in [1.54, 1.807) is 10.6 Å². The summed E-state index contributed by atoms with van der Waals surface area (Å²) in [6, 6.07) is 14.6. The highest BCUT2D eigenvalue weighted by Crippen LogP contribution is 2.32. The van der Waals surface area contributed by atoms with Crippen LogP contribution in [0, 0.1) is 6.92 Å². The van der Waals surface area contributed by atoms with Crippen molar-refractivity contribution in [3.63, 3.8) is 0 Å². The molecule has 7 nitrogen and oxygen atoms in total. The van der Waals surface area contributed by atoms with Crippen molar-refractivity contribution in [2.45, 2.75) is 32.9 Å². The fourth-order valence-corrected chi connectivity index (χ4v) is 4.61. The molecule has 3 heterocycles. The highest BCUT2D eigenvalue weighted by atomic mass is 35.5. The van der Waals surface area contributed by atoms with Gasteiger partial charge in [0, 0.05) is 17.7 Å². The summed E-state index contributed by atoms with van der Waals surface area (Å²) in [5.41, 5.74) is 4.58. The number of nitrogens with one attached hydrogen (secondary N) is 1. The van der Waals surface area contributed by atoms with Crippen molar-refractivity contribution < 1.29 is 9.90 Å². The highest BCUT2D eigenvalue weighted by Gasteiger charge is 2.23. The minimum Gasteiger partial charge on any atom is -0.476 e. The van der Waals surface area contributed by atoms with E-state index >= 15 is 0 Å². The van der Waals surface area contributed by atoms with Crippen molar-refractivity contribution in [2.24, 2.45) is 0 Å². The van der Waals surface area contributed by atoms with Crippen molar-refractivity contribution in [2.75, 3.05) is 5.32 Å². The predicted octanol–water partition coefficient (Wildman–Crippen LogP) is 4.85. The zero-order chi connectivity index (χ0) is 23.3. The Morgan fingerprint density at radius 2 is 1.97 bits per heavy atom. The minimum absolute atomic E-state index is 0.0685. The van der Waals surface area contributed by atoms with E-state index < -0.39 is 5.97 Å². The summed E-state index contributed by atoms with van der Waals surface area (Å²) >= 11 is 5.89. The number of nitrogens with zero attached hydrogens (tertiary/aromatic N) is 3. The zero-order valence-electron chi connectivity index (χ0n) is 18.1. The SMILES string of the molecule is Cc1cc(C(C)Nc2ccc(Cl)nc2C(=O)O)c2nc3n(c(=O)c2c1)CCc1ccccc1-3. The van der Waals surface area contributed by atoms with E-state index in [0.29, 0.717) is 29.0 Å². The number of halogens is 1. The largest absolute Gasteiger partial charge is 0.476 e. The first-order valence-corrected chi connectivity index (χ1v) is 11.0. The second-order valence-corrected chi connectivity index (χ2v) is 8.64. The molecule has 0 bridgehead atoms. The third kappa shape index (κ3) is 3.64. The van der Waals surface area contributed by atoms with Gasteiger partial charge in [0.2, 0.25) is 0 Å². The molecule has 1 atom stereocenters. The van der Waals surface area contributed by atoms with Gasteiger partial charge in [-0.2, -0.15) is 0 Å². The predicted molar refractivity (Wildman–Crippen MR) is 128 cm³/mol. The van der Waals surface area contributed by atoms with Crippen LogP contribution in [0.1, 0.15) is 40.1 Å². The summed E-state index contributed by atoms with van der Waals surface area (Å²) in [4.78, 5) is 34.0. The summed E-state index contributed by atoms with van der Waals surface area (Å²) in [6.07, 6.45) is 0.786. The normalized spacial score (nSPS) is 13.3. The first-order valence-electron chi connectivity index (χ1n) is 10.6. The monoisotopic (exact) mass is 460 g/mol. The molecule has 166 valence electrons. The van der Waals surface area contributed by atoms with E-state index in [9.17, 15) is 14.7 Å². The lowest BCUT2D eigenvalue weighted by atomic mass is 9.98. The number of pyridine rings is 1. The number of aryl methyl sites for hydroxylation is 2. The molecule has 2 N–H and O–H groups in total. The number of hydrogen-bond acceptors (Lipinski definition) is 5. The Labute approximate surface area is 194 Å². The molecule has 0 saturated heterocycles. The van der Waals surface area contributed by atoms with Crippen LogP contribution in [0.3, 0.4) is 0 Å². The molecule has 0 aliphatic carbocycles.